The standard InChI is InChI=1S/C34H42F6N6O4/c1-7-26-17-29(28-13-21(3)43-22(4)30(28)46(26)32(47)50-8-2)45(20-23-14-24(33(35,36)37)16-25(15-23)34(38,39)40)31-41-18-27(19-42-31)44(9-11-48-5)10-12-49-6/h13-16,18-19,26,29H,7-12,17,20H2,1-6H3. The van der Waals surface area contributed by atoms with E-state index in [0.717, 1.165) is 0 Å². The molecule has 50 heavy (non-hydrogen) atoms. The normalized spacial score (nSPS) is 16.3. The molecule has 3 aromatic rings. The molecule has 1 amide bonds. The number of pyridine rings is 1. The Morgan fingerprint density at radius 3 is 2.00 bits per heavy atom. The van der Waals surface area contributed by atoms with Gasteiger partial charge in [0, 0.05) is 51.2 Å². The lowest BCUT2D eigenvalue weighted by Crippen LogP contribution is -2.48. The lowest BCUT2D eigenvalue weighted by Gasteiger charge is -2.44. The maximum absolute atomic E-state index is 13.9. The van der Waals surface area contributed by atoms with Crippen molar-refractivity contribution in [1.29, 1.82) is 0 Å². The van der Waals surface area contributed by atoms with Gasteiger partial charge < -0.3 is 24.0 Å². The van der Waals surface area contributed by atoms with Gasteiger partial charge in [0.15, 0.2) is 0 Å². The van der Waals surface area contributed by atoms with E-state index < -0.39 is 48.2 Å². The van der Waals surface area contributed by atoms with Crippen LogP contribution in [0, 0.1) is 13.8 Å². The van der Waals surface area contributed by atoms with Gasteiger partial charge in [-0.25, -0.2) is 14.8 Å². The van der Waals surface area contributed by atoms with Gasteiger partial charge in [0.1, 0.15) is 0 Å². The van der Waals surface area contributed by atoms with Crippen LogP contribution in [-0.4, -0.2) is 74.2 Å². The smallest absolute Gasteiger partial charge is 0.416 e. The third kappa shape index (κ3) is 8.94. The Morgan fingerprint density at radius 1 is 0.920 bits per heavy atom. The van der Waals surface area contributed by atoms with Crippen molar-refractivity contribution in [3.8, 4) is 0 Å². The van der Waals surface area contributed by atoms with Gasteiger partial charge in [0.2, 0.25) is 5.95 Å². The van der Waals surface area contributed by atoms with Crippen LogP contribution in [0.25, 0.3) is 0 Å². The van der Waals surface area contributed by atoms with Gasteiger partial charge >= 0.3 is 18.4 Å². The van der Waals surface area contributed by atoms with Crippen molar-refractivity contribution < 1.29 is 45.3 Å². The van der Waals surface area contributed by atoms with E-state index >= 15 is 0 Å². The van der Waals surface area contributed by atoms with Crippen LogP contribution in [0.4, 0.5) is 48.5 Å². The summed E-state index contributed by atoms with van der Waals surface area (Å²) in [6.45, 7) is 8.54. The molecule has 1 aromatic carbocycles. The predicted molar refractivity (Wildman–Crippen MR) is 175 cm³/mol. The van der Waals surface area contributed by atoms with Crippen LogP contribution < -0.4 is 14.7 Å². The summed E-state index contributed by atoms with van der Waals surface area (Å²) in [7, 11) is 3.13. The van der Waals surface area contributed by atoms with Crippen molar-refractivity contribution in [2.45, 2.75) is 71.5 Å². The zero-order chi connectivity index (χ0) is 36.8. The number of carbonyl (C=O) groups is 1. The number of aryl methyl sites for hydroxylation is 2. The maximum atomic E-state index is 13.9. The average Bonchev–Trinajstić information content (AvgIpc) is 3.06. The molecule has 0 aliphatic carbocycles. The SMILES string of the molecule is CCOC(=O)N1c2c(cc(C)nc2C)C(N(Cc2cc(C(F)(F)F)cc(C(F)(F)F)c2)c2ncc(N(CCOC)CCOC)cn2)CC1CC. The molecule has 2 unspecified atom stereocenters. The van der Waals surface area contributed by atoms with Gasteiger partial charge in [-0.1, -0.05) is 6.92 Å². The largest absolute Gasteiger partial charge is 0.449 e. The quantitative estimate of drug-likeness (QED) is 0.167. The molecule has 274 valence electrons. The molecule has 2 aromatic heterocycles. The fourth-order valence-electron chi connectivity index (χ4n) is 6.20. The Kier molecular flexibility index (Phi) is 12.5. The molecule has 2 atom stereocenters. The molecule has 3 heterocycles. The number of rotatable bonds is 13. The Balaban J connectivity index is 1.92. The molecule has 0 N–H and O–H groups in total. The highest BCUT2D eigenvalue weighted by Crippen LogP contribution is 2.45. The minimum atomic E-state index is -5.03. The summed E-state index contributed by atoms with van der Waals surface area (Å²) in [6.07, 6.45) is -6.85. The fraction of sp³-hybridized carbons (Fsp3) is 0.529. The number of alkyl halides is 6. The molecular formula is C34H42F6N6O4. The first-order valence-electron chi connectivity index (χ1n) is 16.2. The zero-order valence-electron chi connectivity index (χ0n) is 28.9. The number of anilines is 3. The van der Waals surface area contributed by atoms with Gasteiger partial charge in [-0.2, -0.15) is 26.3 Å². The molecule has 0 bridgehead atoms. The molecule has 0 saturated carbocycles. The van der Waals surface area contributed by atoms with Crippen molar-refractivity contribution in [2.24, 2.45) is 0 Å². The first-order chi connectivity index (χ1) is 23.6. The van der Waals surface area contributed by atoms with E-state index in [2.05, 4.69) is 15.0 Å². The molecule has 0 fully saturated rings. The first kappa shape index (κ1) is 38.6. The van der Waals surface area contributed by atoms with E-state index in [-0.39, 0.29) is 30.6 Å². The highest BCUT2D eigenvalue weighted by Gasteiger charge is 2.42. The second-order valence-electron chi connectivity index (χ2n) is 11.9. The number of amides is 1. The average molecular weight is 713 g/mol. The predicted octanol–water partition coefficient (Wildman–Crippen LogP) is 7.52. The molecule has 1 aliphatic heterocycles. The Labute approximate surface area is 287 Å². The summed E-state index contributed by atoms with van der Waals surface area (Å²) < 4.78 is 99.4. The summed E-state index contributed by atoms with van der Waals surface area (Å²) >= 11 is 0. The molecule has 0 radical (unpaired) electrons. The summed E-state index contributed by atoms with van der Waals surface area (Å²) in [5.41, 5.74) is -0.318. The van der Waals surface area contributed by atoms with Crippen LogP contribution in [-0.2, 0) is 33.1 Å². The minimum absolute atomic E-state index is 0.0701. The van der Waals surface area contributed by atoms with Crippen LogP contribution in [0.2, 0.25) is 0 Å². The number of nitrogens with zero attached hydrogens (tertiary/aromatic N) is 6. The number of methoxy groups -OCH3 is 2. The van der Waals surface area contributed by atoms with Crippen LogP contribution in [0.3, 0.4) is 0 Å². The maximum Gasteiger partial charge on any atom is 0.416 e. The molecule has 10 nitrogen and oxygen atoms in total. The van der Waals surface area contributed by atoms with Crippen molar-refractivity contribution in [3.05, 3.63) is 70.3 Å². The number of ether oxygens (including phenoxy) is 3. The number of aromatic nitrogens is 3. The van der Waals surface area contributed by atoms with Crippen molar-refractivity contribution in [1.82, 2.24) is 15.0 Å². The van der Waals surface area contributed by atoms with Crippen LogP contribution in [0.15, 0.2) is 36.7 Å². The molecule has 4 rings (SSSR count). The van der Waals surface area contributed by atoms with Gasteiger partial charge in [-0.3, -0.25) is 9.88 Å². The molecule has 1 aliphatic rings. The van der Waals surface area contributed by atoms with Crippen LogP contribution in [0.1, 0.15) is 66.4 Å². The molecule has 16 heteroatoms. The highest BCUT2D eigenvalue weighted by molar-refractivity contribution is 5.91. The minimum Gasteiger partial charge on any atom is -0.449 e. The zero-order valence-corrected chi connectivity index (χ0v) is 28.9. The summed E-state index contributed by atoms with van der Waals surface area (Å²) in [6, 6.07) is 2.14. The fourth-order valence-corrected chi connectivity index (χ4v) is 6.20. The Bertz CT molecular complexity index is 1560. The summed E-state index contributed by atoms with van der Waals surface area (Å²) in [5.74, 6) is 0.0701. The van der Waals surface area contributed by atoms with E-state index in [9.17, 15) is 31.1 Å². The van der Waals surface area contributed by atoms with Gasteiger partial charge in [-0.15, -0.1) is 0 Å². The summed E-state index contributed by atoms with van der Waals surface area (Å²) in [5, 5.41) is 0. The van der Waals surface area contributed by atoms with Crippen molar-refractivity contribution >= 4 is 23.4 Å². The third-order valence-electron chi connectivity index (χ3n) is 8.47. The monoisotopic (exact) mass is 712 g/mol. The third-order valence-corrected chi connectivity index (χ3v) is 8.47. The lowest BCUT2D eigenvalue weighted by molar-refractivity contribution is -0.143. The second kappa shape index (κ2) is 16.2. The topological polar surface area (TPSA) is 93.2 Å². The van der Waals surface area contributed by atoms with Gasteiger partial charge in [-0.05, 0) is 63.4 Å². The molecule has 0 saturated heterocycles. The molecule has 0 spiro atoms. The molecular weight excluding hydrogens is 670 g/mol. The number of fused-ring (bicyclic) bond motifs is 1. The Hall–Kier alpha value is -4.18. The number of hydrogen-bond acceptors (Lipinski definition) is 9. The van der Waals surface area contributed by atoms with E-state index in [1.165, 1.54) is 4.90 Å². The summed E-state index contributed by atoms with van der Waals surface area (Å²) in [4.78, 5) is 32.2. The number of halogens is 6. The van der Waals surface area contributed by atoms with Crippen LogP contribution in [0.5, 0.6) is 0 Å². The van der Waals surface area contributed by atoms with E-state index in [4.69, 9.17) is 14.2 Å². The van der Waals surface area contributed by atoms with Gasteiger partial charge in [0.05, 0.1) is 66.5 Å². The van der Waals surface area contributed by atoms with E-state index in [1.807, 2.05) is 11.8 Å². The number of carbonyl (C=O) groups excluding carboxylic acids is 1. The van der Waals surface area contributed by atoms with Crippen molar-refractivity contribution in [2.75, 3.05) is 61.8 Å². The second-order valence-corrected chi connectivity index (χ2v) is 11.9. The van der Waals surface area contributed by atoms with Crippen molar-refractivity contribution in [3.63, 3.8) is 0 Å². The first-order valence-corrected chi connectivity index (χ1v) is 16.2. The van der Waals surface area contributed by atoms with Gasteiger partial charge in [0.25, 0.3) is 0 Å². The highest BCUT2D eigenvalue weighted by atomic mass is 19.4. The number of hydrogen-bond donors (Lipinski definition) is 0. The van der Waals surface area contributed by atoms with E-state index in [0.29, 0.717) is 73.2 Å². The Morgan fingerprint density at radius 2 is 1.50 bits per heavy atom. The van der Waals surface area contributed by atoms with E-state index in [1.54, 1.807) is 58.4 Å². The van der Waals surface area contributed by atoms with Crippen LogP contribution >= 0.6 is 0 Å². The lowest BCUT2D eigenvalue weighted by atomic mass is 9.88. The number of benzene rings is 1.